The van der Waals surface area contributed by atoms with Crippen molar-refractivity contribution in [1.29, 1.82) is 0 Å². The van der Waals surface area contributed by atoms with Crippen molar-refractivity contribution in [3.8, 4) is 0 Å². The lowest BCUT2D eigenvalue weighted by molar-refractivity contribution is 0.0936. The van der Waals surface area contributed by atoms with Crippen LogP contribution in [0, 0.1) is 0 Å². The highest BCUT2D eigenvalue weighted by molar-refractivity contribution is 6.11. The van der Waals surface area contributed by atoms with Gasteiger partial charge in [-0.05, 0) is 103 Å². The number of hydrogen-bond donors (Lipinski definition) is 8. The van der Waals surface area contributed by atoms with E-state index in [-0.39, 0.29) is 45.8 Å². The maximum atomic E-state index is 13.4. The number of pyridine rings is 1. The van der Waals surface area contributed by atoms with Gasteiger partial charge >= 0.3 is 0 Å². The summed E-state index contributed by atoms with van der Waals surface area (Å²) < 4.78 is 9.42. The van der Waals surface area contributed by atoms with Crippen molar-refractivity contribution in [2.24, 2.45) is 42.3 Å². The molecule has 0 aliphatic rings. The second-order valence-electron chi connectivity index (χ2n) is 19.3. The predicted octanol–water partition coefficient (Wildman–Crippen LogP) is 3.99. The van der Waals surface area contributed by atoms with Gasteiger partial charge in [0.05, 0.1) is 39.7 Å². The monoisotopic (exact) mass is 1070 g/mol. The summed E-state index contributed by atoms with van der Waals surface area (Å²) in [7, 11) is 17.9. The summed E-state index contributed by atoms with van der Waals surface area (Å²) in [6.45, 7) is 2.69. The molecule has 25 nitrogen and oxygen atoms in total. The van der Waals surface area contributed by atoms with Crippen LogP contribution in [0.15, 0.2) is 91.9 Å². The van der Waals surface area contributed by atoms with E-state index in [9.17, 15) is 38.4 Å². The summed E-state index contributed by atoms with van der Waals surface area (Å²) >= 11 is 0. The van der Waals surface area contributed by atoms with Crippen LogP contribution in [-0.2, 0) is 42.3 Å². The van der Waals surface area contributed by atoms with Crippen LogP contribution >= 0.6 is 0 Å². The van der Waals surface area contributed by atoms with Crippen molar-refractivity contribution in [2.45, 2.75) is 12.8 Å². The number of nitrogens with one attached hydrogen (secondary N) is 8. The van der Waals surface area contributed by atoms with Crippen molar-refractivity contribution >= 4 is 81.4 Å². The fourth-order valence-electron chi connectivity index (χ4n) is 8.37. The molecule has 0 saturated carbocycles. The Bertz CT molecular complexity index is 3180. The van der Waals surface area contributed by atoms with Crippen LogP contribution in [0.25, 0.3) is 0 Å². The van der Waals surface area contributed by atoms with Crippen molar-refractivity contribution < 1.29 is 38.4 Å². The Morgan fingerprint density at radius 3 is 0.923 bits per heavy atom. The normalized spacial score (nSPS) is 11.1. The number of amides is 8. The van der Waals surface area contributed by atoms with E-state index in [1.165, 1.54) is 51.7 Å². The Balaban J connectivity index is 0.882. The summed E-state index contributed by atoms with van der Waals surface area (Å²) in [5, 5.41) is 22.4. The maximum Gasteiger partial charge on any atom is 0.274 e. The number of carbonyl (C=O) groups excluding carboxylic acids is 8. The molecule has 8 N–H and O–H groups in total. The standard InChI is InChI=1S/C53H65N17O8/c1-63(2)17-11-15-54-48(73)40-19-35(28-65(40)5)59-52(77)44-23-37(30-69(44)9)61-50(75)42-21-33(26-67(42)7)57-46(71)32-13-14-39(56-25-32)47(72)58-34-22-43(68(8)27-34)51(76)62-38-24-45(70(10)31-38)53(78)60-36-20-41(66(6)29-36)49(74)55-16-12-18-64(3)4/h13-14,19-31H,11-12,15-18H2,1-10H3,(H,54,73)(H,55,74)(H,57,71)(H,58,72)(H,59,77)(H,60,78)(H,61,75)(H,62,76). The molecule has 410 valence electrons. The van der Waals surface area contributed by atoms with Gasteiger partial charge in [0, 0.05) is 98.8 Å². The Hall–Kier alpha value is -9.49. The van der Waals surface area contributed by atoms with Crippen molar-refractivity contribution in [1.82, 2.24) is 52.8 Å². The van der Waals surface area contributed by atoms with E-state index in [0.29, 0.717) is 58.6 Å². The molecule has 0 saturated heterocycles. The SMILES string of the molecule is CN(C)CCCNC(=O)c1cc(NC(=O)c2cc(NC(=O)c3cc(NC(=O)c4ccc(C(=O)Nc5cc(C(=O)Nc6cc(C(=O)Nc7cc(C(=O)NCCCN(C)C)n(C)c7)n(C)c6)n(C)c5)nc4)cn3C)cn2C)cn1C. The minimum Gasteiger partial charge on any atom is -0.351 e. The summed E-state index contributed by atoms with van der Waals surface area (Å²) in [4.78, 5) is 114. The van der Waals surface area contributed by atoms with Crippen LogP contribution in [0.2, 0.25) is 0 Å². The zero-order chi connectivity index (χ0) is 56.5. The number of rotatable bonds is 22. The number of aromatic nitrogens is 7. The van der Waals surface area contributed by atoms with E-state index in [1.807, 2.05) is 38.0 Å². The highest BCUT2D eigenvalue weighted by atomic mass is 16.2. The molecular weight excluding hydrogens is 1000 g/mol. The van der Waals surface area contributed by atoms with E-state index < -0.39 is 35.4 Å². The Morgan fingerprint density at radius 2 is 0.654 bits per heavy atom. The highest BCUT2D eigenvalue weighted by Gasteiger charge is 2.22. The molecular formula is C53H65N17O8. The van der Waals surface area contributed by atoms with Crippen molar-refractivity contribution in [3.63, 3.8) is 0 Å². The van der Waals surface area contributed by atoms with Gasteiger partial charge in [0.1, 0.15) is 39.9 Å². The maximum absolute atomic E-state index is 13.4. The second-order valence-corrected chi connectivity index (χ2v) is 19.3. The van der Waals surface area contributed by atoms with E-state index in [1.54, 1.807) is 110 Å². The molecule has 25 heteroatoms. The first-order valence-corrected chi connectivity index (χ1v) is 24.7. The largest absolute Gasteiger partial charge is 0.351 e. The van der Waals surface area contributed by atoms with E-state index in [2.05, 4.69) is 47.5 Å². The Morgan fingerprint density at radius 1 is 0.385 bits per heavy atom. The number of anilines is 6. The lowest BCUT2D eigenvalue weighted by Crippen LogP contribution is -2.28. The first kappa shape index (κ1) is 56.2. The molecule has 0 unspecified atom stereocenters. The van der Waals surface area contributed by atoms with Crippen LogP contribution < -0.4 is 42.5 Å². The van der Waals surface area contributed by atoms with E-state index in [0.717, 1.165) is 25.9 Å². The van der Waals surface area contributed by atoms with Crippen LogP contribution in [-0.4, -0.2) is 144 Å². The highest BCUT2D eigenvalue weighted by Crippen LogP contribution is 2.23. The van der Waals surface area contributed by atoms with Crippen molar-refractivity contribution in [3.05, 3.63) is 137 Å². The number of nitrogens with zero attached hydrogens (tertiary/aromatic N) is 9. The van der Waals surface area contributed by atoms with Gasteiger partial charge in [0.2, 0.25) is 0 Å². The van der Waals surface area contributed by atoms with Crippen LogP contribution in [0.1, 0.15) is 96.6 Å². The van der Waals surface area contributed by atoms with Gasteiger partial charge in [-0.2, -0.15) is 0 Å². The lowest BCUT2D eigenvalue weighted by atomic mass is 10.2. The van der Waals surface area contributed by atoms with Gasteiger partial charge < -0.3 is 79.7 Å². The Kier molecular flexibility index (Phi) is 17.6. The fraction of sp³-hybridized carbons (Fsp3) is 0.302. The molecule has 8 amide bonds. The van der Waals surface area contributed by atoms with E-state index >= 15 is 0 Å². The molecule has 0 aliphatic carbocycles. The molecule has 0 fully saturated rings. The minimum absolute atomic E-state index is 0.0114. The molecule has 7 aromatic heterocycles. The lowest BCUT2D eigenvalue weighted by Gasteiger charge is -2.10. The van der Waals surface area contributed by atoms with Gasteiger partial charge in [-0.1, -0.05) is 0 Å². The van der Waals surface area contributed by atoms with Crippen LogP contribution in [0.3, 0.4) is 0 Å². The average Bonchev–Trinajstić information content (AvgIpc) is 4.25. The van der Waals surface area contributed by atoms with Gasteiger partial charge in [-0.15, -0.1) is 0 Å². The number of hydrogen-bond acceptors (Lipinski definition) is 11. The van der Waals surface area contributed by atoms with Gasteiger partial charge in [-0.25, -0.2) is 0 Å². The molecule has 0 spiro atoms. The first-order valence-electron chi connectivity index (χ1n) is 24.7. The smallest absolute Gasteiger partial charge is 0.274 e. The number of aryl methyl sites for hydroxylation is 6. The summed E-state index contributed by atoms with van der Waals surface area (Å²) in [5.41, 5.74) is 3.91. The third-order valence-electron chi connectivity index (χ3n) is 12.4. The average molecular weight is 1070 g/mol. The van der Waals surface area contributed by atoms with Crippen molar-refractivity contribution in [2.75, 3.05) is 86.3 Å². The number of carbonyl (C=O) groups is 8. The molecule has 0 atom stereocenters. The van der Waals surface area contributed by atoms with Crippen LogP contribution in [0.4, 0.5) is 34.1 Å². The van der Waals surface area contributed by atoms with Gasteiger partial charge in [0.15, 0.2) is 0 Å². The molecule has 0 bridgehead atoms. The van der Waals surface area contributed by atoms with Gasteiger partial charge in [0.25, 0.3) is 47.3 Å². The zero-order valence-corrected chi connectivity index (χ0v) is 45.2. The molecule has 7 aromatic rings. The Labute approximate surface area is 449 Å². The van der Waals surface area contributed by atoms with Crippen LogP contribution in [0.5, 0.6) is 0 Å². The topological polar surface area (TPSA) is 282 Å². The molecule has 0 aliphatic heterocycles. The molecule has 0 radical (unpaired) electrons. The summed E-state index contributed by atoms with van der Waals surface area (Å²) in [5.74, 6) is -3.61. The van der Waals surface area contributed by atoms with Gasteiger partial charge in [-0.3, -0.25) is 43.3 Å². The molecule has 7 rings (SSSR count). The quantitative estimate of drug-likeness (QED) is 0.0450. The fourth-order valence-corrected chi connectivity index (χ4v) is 8.37. The molecule has 0 aromatic carbocycles. The van der Waals surface area contributed by atoms with E-state index in [4.69, 9.17) is 0 Å². The molecule has 7 heterocycles. The zero-order valence-electron chi connectivity index (χ0n) is 45.2. The third kappa shape index (κ3) is 14.1. The third-order valence-corrected chi connectivity index (χ3v) is 12.4. The second kappa shape index (κ2) is 24.5. The first-order chi connectivity index (χ1) is 37.0. The summed E-state index contributed by atoms with van der Waals surface area (Å²) in [6.07, 6.45) is 12.4. The summed E-state index contributed by atoms with van der Waals surface area (Å²) in [6, 6.07) is 12.0. The predicted molar refractivity (Wildman–Crippen MR) is 295 cm³/mol. The minimum atomic E-state index is -0.605. The molecule has 78 heavy (non-hydrogen) atoms.